The summed E-state index contributed by atoms with van der Waals surface area (Å²) >= 11 is 0. The number of phenolic OH excluding ortho intramolecular Hbond substituents is 2. The van der Waals surface area contributed by atoms with Crippen molar-refractivity contribution in [3.05, 3.63) is 56.3 Å². The van der Waals surface area contributed by atoms with Crippen molar-refractivity contribution in [3.8, 4) is 17.4 Å². The summed E-state index contributed by atoms with van der Waals surface area (Å²) in [7, 11) is 0. The van der Waals surface area contributed by atoms with Gasteiger partial charge in [0.1, 0.15) is 5.76 Å². The minimum absolute atomic E-state index is 0.0784. The zero-order valence-corrected chi connectivity index (χ0v) is 12.9. The standard InChI is InChI=1S/C18H14N2O5/c21-13-5-11-10(7-19-12(11)6-14(13)22)2-8-1-9-4-16(24)20-18(25)17(9)15(23)3-8/h1-2,4-7,19,21-24H,3H2,(H,20,25). The van der Waals surface area contributed by atoms with E-state index in [4.69, 9.17) is 0 Å². The van der Waals surface area contributed by atoms with Crippen LogP contribution < -0.4 is 16.0 Å². The average Bonchev–Trinajstić information content (AvgIpc) is 2.88. The number of aromatic hydroxyl groups is 3. The van der Waals surface area contributed by atoms with Gasteiger partial charge in [0, 0.05) is 41.2 Å². The molecule has 126 valence electrons. The molecule has 0 radical (unpaired) electrons. The van der Waals surface area contributed by atoms with Crippen LogP contribution in [0, 0.1) is 0 Å². The highest BCUT2D eigenvalue weighted by Gasteiger charge is 2.13. The van der Waals surface area contributed by atoms with Crippen LogP contribution in [-0.4, -0.2) is 30.4 Å². The molecule has 4 rings (SSSR count). The number of phenols is 2. The van der Waals surface area contributed by atoms with Crippen LogP contribution in [0.2, 0.25) is 0 Å². The molecule has 0 amide bonds. The number of aliphatic hydroxyl groups excluding tert-OH is 1. The highest BCUT2D eigenvalue weighted by molar-refractivity contribution is 5.92. The number of aromatic nitrogens is 2. The first-order valence-corrected chi connectivity index (χ1v) is 7.52. The average molecular weight is 338 g/mol. The van der Waals surface area contributed by atoms with Gasteiger partial charge in [-0.3, -0.25) is 9.78 Å². The Labute approximate surface area is 140 Å². The molecule has 7 nitrogen and oxygen atoms in total. The number of benzene rings is 1. The Morgan fingerprint density at radius 2 is 1.80 bits per heavy atom. The lowest BCUT2D eigenvalue weighted by molar-refractivity contribution is 0.405. The second-order valence-electron chi connectivity index (χ2n) is 5.93. The van der Waals surface area contributed by atoms with Crippen LogP contribution in [0.5, 0.6) is 17.4 Å². The molecule has 1 aliphatic rings. The number of aliphatic hydroxyl groups is 1. The molecule has 0 saturated carbocycles. The minimum Gasteiger partial charge on any atom is -0.511 e. The summed E-state index contributed by atoms with van der Waals surface area (Å²) in [6.45, 7) is 0. The van der Waals surface area contributed by atoms with Crippen molar-refractivity contribution in [1.82, 2.24) is 9.97 Å². The maximum Gasteiger partial charge on any atom is 0.261 e. The molecule has 0 spiro atoms. The second-order valence-corrected chi connectivity index (χ2v) is 5.93. The molecule has 1 aromatic carbocycles. The van der Waals surface area contributed by atoms with Crippen LogP contribution in [0.4, 0.5) is 0 Å². The number of rotatable bonds is 1. The molecule has 2 aromatic heterocycles. The van der Waals surface area contributed by atoms with Crippen molar-refractivity contribution < 1.29 is 20.4 Å². The molecule has 0 fully saturated rings. The van der Waals surface area contributed by atoms with Crippen molar-refractivity contribution in [2.24, 2.45) is 0 Å². The molecule has 0 bridgehead atoms. The molecular formula is C18H14N2O5. The van der Waals surface area contributed by atoms with E-state index in [9.17, 15) is 25.2 Å². The summed E-state index contributed by atoms with van der Waals surface area (Å²) in [5.41, 5.74) is 1.58. The van der Waals surface area contributed by atoms with Crippen LogP contribution in [0.1, 0.15) is 12.0 Å². The second kappa shape index (κ2) is 5.20. The molecule has 1 aliphatic carbocycles. The summed E-state index contributed by atoms with van der Waals surface area (Å²) in [5.74, 6) is -0.796. The topological polar surface area (TPSA) is 130 Å². The van der Waals surface area contributed by atoms with E-state index in [0.29, 0.717) is 16.1 Å². The van der Waals surface area contributed by atoms with Gasteiger partial charge in [0.25, 0.3) is 5.56 Å². The lowest BCUT2D eigenvalue weighted by Crippen LogP contribution is -2.43. The number of fused-ring (bicyclic) bond motifs is 2. The van der Waals surface area contributed by atoms with Gasteiger partial charge in [0.2, 0.25) is 0 Å². The number of hydrogen-bond donors (Lipinski definition) is 6. The Balaban J connectivity index is 1.90. The van der Waals surface area contributed by atoms with Crippen LogP contribution in [0.25, 0.3) is 28.8 Å². The van der Waals surface area contributed by atoms with Crippen LogP contribution >= 0.6 is 0 Å². The maximum absolute atomic E-state index is 11.9. The van der Waals surface area contributed by atoms with E-state index < -0.39 is 5.56 Å². The first-order valence-electron chi connectivity index (χ1n) is 7.52. The van der Waals surface area contributed by atoms with Gasteiger partial charge in [0.05, 0.1) is 5.22 Å². The molecule has 0 aliphatic heterocycles. The molecule has 0 atom stereocenters. The molecular weight excluding hydrogens is 324 g/mol. The van der Waals surface area contributed by atoms with Gasteiger partial charge >= 0.3 is 0 Å². The molecule has 2 heterocycles. The number of aromatic amines is 2. The van der Waals surface area contributed by atoms with Crippen LogP contribution in [0.15, 0.2) is 34.8 Å². The van der Waals surface area contributed by atoms with E-state index in [0.717, 1.165) is 11.1 Å². The summed E-state index contributed by atoms with van der Waals surface area (Å²) in [6, 6.07) is 4.25. The largest absolute Gasteiger partial charge is 0.511 e. The quantitative estimate of drug-likeness (QED) is 0.367. The fourth-order valence-electron chi connectivity index (χ4n) is 3.09. The fraction of sp³-hybridized carbons (Fsp3) is 0.0556. The number of H-pyrrole nitrogens is 2. The Bertz CT molecular complexity index is 1230. The van der Waals surface area contributed by atoms with Crippen molar-refractivity contribution >= 4 is 28.8 Å². The van der Waals surface area contributed by atoms with E-state index >= 15 is 0 Å². The zero-order valence-electron chi connectivity index (χ0n) is 12.9. The van der Waals surface area contributed by atoms with Crippen molar-refractivity contribution in [2.45, 2.75) is 6.42 Å². The highest BCUT2D eigenvalue weighted by Crippen LogP contribution is 2.32. The smallest absolute Gasteiger partial charge is 0.261 e. The predicted molar refractivity (Wildman–Crippen MR) is 92.7 cm³/mol. The fourth-order valence-corrected chi connectivity index (χ4v) is 3.09. The summed E-state index contributed by atoms with van der Waals surface area (Å²) < 4.78 is 0. The Morgan fingerprint density at radius 3 is 2.60 bits per heavy atom. The van der Waals surface area contributed by atoms with Gasteiger partial charge in [0.15, 0.2) is 17.4 Å². The Hall–Kier alpha value is -3.61. The number of pyridine rings is 1. The Kier molecular flexibility index (Phi) is 3.11. The molecule has 6 N–H and O–H groups in total. The Morgan fingerprint density at radius 1 is 1.04 bits per heavy atom. The van der Waals surface area contributed by atoms with E-state index in [1.807, 2.05) is 0 Å². The van der Waals surface area contributed by atoms with E-state index in [1.54, 1.807) is 18.3 Å². The van der Waals surface area contributed by atoms with Crippen molar-refractivity contribution in [3.63, 3.8) is 0 Å². The molecule has 7 heteroatoms. The third kappa shape index (κ3) is 2.42. The molecule has 0 unspecified atom stereocenters. The predicted octanol–water partition coefficient (Wildman–Crippen LogP) is 0.907. The summed E-state index contributed by atoms with van der Waals surface area (Å²) in [6.07, 6.45) is 5.39. The maximum atomic E-state index is 11.9. The number of nitrogens with one attached hydrogen (secondary N) is 2. The van der Waals surface area contributed by atoms with Gasteiger partial charge in [-0.15, -0.1) is 0 Å². The number of hydrogen-bond acceptors (Lipinski definition) is 5. The van der Waals surface area contributed by atoms with Crippen LogP contribution in [0.3, 0.4) is 0 Å². The summed E-state index contributed by atoms with van der Waals surface area (Å²) in [5, 5.41) is 40.3. The summed E-state index contributed by atoms with van der Waals surface area (Å²) in [4.78, 5) is 17.1. The molecule has 25 heavy (non-hydrogen) atoms. The SMILES string of the molecule is O=c1[nH]c(O)cc2c1=C(O)CC(=Cc1c[nH]c3cc(O)c(O)cc13)C=2. The van der Waals surface area contributed by atoms with E-state index in [-0.39, 0.29) is 34.8 Å². The molecule has 3 aromatic rings. The zero-order chi connectivity index (χ0) is 17.7. The lowest BCUT2D eigenvalue weighted by Gasteiger charge is -2.08. The first-order chi connectivity index (χ1) is 11.9. The first kappa shape index (κ1) is 14.9. The van der Waals surface area contributed by atoms with Crippen molar-refractivity contribution in [1.29, 1.82) is 0 Å². The van der Waals surface area contributed by atoms with E-state index in [1.165, 1.54) is 18.2 Å². The van der Waals surface area contributed by atoms with Gasteiger partial charge in [-0.05, 0) is 22.9 Å². The van der Waals surface area contributed by atoms with E-state index in [2.05, 4.69) is 9.97 Å². The highest BCUT2D eigenvalue weighted by atomic mass is 16.3. The van der Waals surface area contributed by atoms with Gasteiger partial charge in [-0.2, -0.15) is 0 Å². The minimum atomic E-state index is -0.546. The van der Waals surface area contributed by atoms with Gasteiger partial charge < -0.3 is 25.4 Å². The van der Waals surface area contributed by atoms with Gasteiger partial charge in [-0.25, -0.2) is 0 Å². The third-order valence-corrected chi connectivity index (χ3v) is 4.20. The monoisotopic (exact) mass is 338 g/mol. The van der Waals surface area contributed by atoms with Crippen LogP contribution in [-0.2, 0) is 0 Å². The van der Waals surface area contributed by atoms with Crippen molar-refractivity contribution in [2.75, 3.05) is 0 Å². The van der Waals surface area contributed by atoms with Gasteiger partial charge in [-0.1, -0.05) is 6.08 Å². The normalized spacial score (nSPS) is 15.4. The molecule has 0 saturated heterocycles. The third-order valence-electron chi connectivity index (χ3n) is 4.20. The lowest BCUT2D eigenvalue weighted by atomic mass is 9.99.